The fourth-order valence-corrected chi connectivity index (χ4v) is 4.28. The lowest BCUT2D eigenvalue weighted by Gasteiger charge is -2.12. The number of nitrogens with zero attached hydrogens (tertiary/aromatic N) is 6. The minimum atomic E-state index is 0.411. The van der Waals surface area contributed by atoms with Gasteiger partial charge in [-0.25, -0.2) is 9.67 Å². The van der Waals surface area contributed by atoms with Gasteiger partial charge in [-0.15, -0.1) is 5.10 Å². The summed E-state index contributed by atoms with van der Waals surface area (Å²) in [6.45, 7) is 2.38. The highest BCUT2D eigenvalue weighted by atomic mass is 32.1. The van der Waals surface area contributed by atoms with E-state index in [0.717, 1.165) is 50.7 Å². The van der Waals surface area contributed by atoms with Crippen molar-refractivity contribution in [3.8, 4) is 17.1 Å². The van der Waals surface area contributed by atoms with Crippen LogP contribution in [0.15, 0.2) is 67.0 Å². The van der Waals surface area contributed by atoms with Crippen LogP contribution in [0.3, 0.4) is 0 Å². The fraction of sp³-hybridized carbons (Fsp3) is 0.0870. The van der Waals surface area contributed by atoms with Crippen LogP contribution in [0.25, 0.3) is 39.1 Å². The third-order valence-corrected chi connectivity index (χ3v) is 5.80. The zero-order valence-electron chi connectivity index (χ0n) is 17.6. The number of rotatable bonds is 5. The van der Waals surface area contributed by atoms with E-state index in [9.17, 15) is 0 Å². The van der Waals surface area contributed by atoms with Gasteiger partial charge in [0.2, 0.25) is 0 Å². The molecule has 10 heteroatoms. The van der Waals surface area contributed by atoms with Crippen LogP contribution in [0.2, 0.25) is 0 Å². The van der Waals surface area contributed by atoms with E-state index >= 15 is 0 Å². The average Bonchev–Trinajstić information content (AvgIpc) is 3.54. The Morgan fingerprint density at radius 3 is 2.85 bits per heavy atom. The number of H-pyrrole nitrogens is 2. The van der Waals surface area contributed by atoms with Crippen LogP contribution in [0, 0.1) is 11.7 Å². The highest BCUT2D eigenvalue weighted by Crippen LogP contribution is 2.31. The molecule has 6 aromatic rings. The number of pyridine rings is 1. The summed E-state index contributed by atoms with van der Waals surface area (Å²) in [5.41, 5.74) is 7.09. The Labute approximate surface area is 193 Å². The number of imidazole rings is 2. The third-order valence-electron chi connectivity index (χ3n) is 5.51. The van der Waals surface area contributed by atoms with E-state index in [1.54, 1.807) is 6.33 Å². The molecule has 0 amide bonds. The molecular formula is C23H19N9S. The van der Waals surface area contributed by atoms with Crippen molar-refractivity contribution in [2.24, 2.45) is 0 Å². The van der Waals surface area contributed by atoms with Crippen molar-refractivity contribution in [3.05, 3.63) is 77.5 Å². The Morgan fingerprint density at radius 2 is 1.94 bits per heavy atom. The molecule has 6 rings (SSSR count). The quantitative estimate of drug-likeness (QED) is 0.330. The van der Waals surface area contributed by atoms with Gasteiger partial charge in [-0.1, -0.05) is 23.4 Å². The summed E-state index contributed by atoms with van der Waals surface area (Å²) < 4.78 is 4.35. The van der Waals surface area contributed by atoms with Crippen molar-refractivity contribution in [1.29, 1.82) is 0 Å². The Kier molecular flexibility index (Phi) is 4.51. The van der Waals surface area contributed by atoms with Crippen LogP contribution < -0.4 is 5.32 Å². The van der Waals surface area contributed by atoms with E-state index in [-0.39, 0.29) is 0 Å². The summed E-state index contributed by atoms with van der Waals surface area (Å²) in [5, 5.41) is 12.0. The Bertz CT molecular complexity index is 1670. The molecular weight excluding hydrogens is 434 g/mol. The highest BCUT2D eigenvalue weighted by molar-refractivity contribution is 7.71. The second kappa shape index (κ2) is 7.68. The number of hydrogen-bond acceptors (Lipinski definition) is 6. The molecule has 0 aliphatic heterocycles. The van der Waals surface area contributed by atoms with Crippen LogP contribution in [-0.2, 0) is 6.67 Å². The van der Waals surface area contributed by atoms with E-state index < -0.39 is 0 Å². The molecule has 0 spiro atoms. The molecule has 0 radical (unpaired) electrons. The standard InChI is InChI=1S/C23H19N9S/c1-14-5-4-7-18(27-14)21-22(26-13-31-20-8-3-2-6-17(20)29-30-31)28-23(33)32(21)15-9-10-16-19(11-15)25-12-24-16/h2-12,26H,13H2,1H3,(H,24,25)(H,28,33). The van der Waals surface area contributed by atoms with Gasteiger partial charge in [-0.3, -0.25) is 9.55 Å². The van der Waals surface area contributed by atoms with Crippen LogP contribution in [0.1, 0.15) is 5.69 Å². The maximum Gasteiger partial charge on any atom is 0.183 e. The number of para-hydroxylation sites is 1. The number of aryl methyl sites for hydroxylation is 1. The molecule has 0 aliphatic carbocycles. The minimum absolute atomic E-state index is 0.411. The number of benzene rings is 2. The molecule has 162 valence electrons. The fourth-order valence-electron chi connectivity index (χ4n) is 3.98. The van der Waals surface area contributed by atoms with Crippen molar-refractivity contribution in [2.75, 3.05) is 5.32 Å². The maximum absolute atomic E-state index is 5.75. The van der Waals surface area contributed by atoms with Crippen molar-refractivity contribution in [1.82, 2.24) is 39.5 Å². The van der Waals surface area contributed by atoms with Gasteiger partial charge < -0.3 is 15.3 Å². The van der Waals surface area contributed by atoms with E-state index in [0.29, 0.717) is 11.4 Å². The summed E-state index contributed by atoms with van der Waals surface area (Å²) in [6.07, 6.45) is 1.68. The van der Waals surface area contributed by atoms with Crippen molar-refractivity contribution < 1.29 is 0 Å². The van der Waals surface area contributed by atoms with Crippen molar-refractivity contribution in [2.45, 2.75) is 13.6 Å². The number of anilines is 1. The topological polar surface area (TPSA) is 105 Å². The van der Waals surface area contributed by atoms with E-state index in [2.05, 4.69) is 30.6 Å². The molecule has 2 aromatic carbocycles. The summed E-state index contributed by atoms with van der Waals surface area (Å²) in [4.78, 5) is 15.6. The van der Waals surface area contributed by atoms with Gasteiger partial charge in [-0.2, -0.15) is 0 Å². The van der Waals surface area contributed by atoms with Gasteiger partial charge in [-0.05, 0) is 61.6 Å². The van der Waals surface area contributed by atoms with E-state index in [4.69, 9.17) is 17.2 Å². The van der Waals surface area contributed by atoms with Gasteiger partial charge in [0.15, 0.2) is 4.77 Å². The van der Waals surface area contributed by atoms with Crippen molar-refractivity contribution >= 4 is 40.1 Å². The molecule has 0 bridgehead atoms. The summed E-state index contributed by atoms with van der Waals surface area (Å²) in [6, 6.07) is 19.8. The molecule has 0 unspecified atom stereocenters. The van der Waals surface area contributed by atoms with Crippen LogP contribution in [0.4, 0.5) is 5.82 Å². The lowest BCUT2D eigenvalue weighted by atomic mass is 10.2. The molecule has 9 nitrogen and oxygen atoms in total. The molecule has 0 aliphatic rings. The normalized spacial score (nSPS) is 11.4. The van der Waals surface area contributed by atoms with Crippen molar-refractivity contribution in [3.63, 3.8) is 0 Å². The first-order valence-electron chi connectivity index (χ1n) is 10.4. The molecule has 4 aromatic heterocycles. The predicted octanol–water partition coefficient (Wildman–Crippen LogP) is 4.60. The second-order valence-electron chi connectivity index (χ2n) is 7.67. The van der Waals surface area contributed by atoms with Crippen LogP contribution in [-0.4, -0.2) is 39.5 Å². The van der Waals surface area contributed by atoms with E-state index in [1.165, 1.54) is 0 Å². The maximum atomic E-state index is 5.75. The number of aromatic amines is 2. The monoisotopic (exact) mass is 453 g/mol. The first-order chi connectivity index (χ1) is 16.2. The van der Waals surface area contributed by atoms with Gasteiger partial charge in [0.1, 0.15) is 23.7 Å². The number of fused-ring (bicyclic) bond motifs is 2. The first-order valence-corrected chi connectivity index (χ1v) is 10.8. The molecule has 0 saturated carbocycles. The van der Waals surface area contributed by atoms with Crippen LogP contribution >= 0.6 is 12.2 Å². The zero-order valence-corrected chi connectivity index (χ0v) is 18.5. The van der Waals surface area contributed by atoms with Gasteiger partial charge in [0, 0.05) is 5.69 Å². The molecule has 0 fully saturated rings. The van der Waals surface area contributed by atoms with Gasteiger partial charge >= 0.3 is 0 Å². The molecule has 33 heavy (non-hydrogen) atoms. The average molecular weight is 454 g/mol. The Hall–Kier alpha value is -4.31. The van der Waals surface area contributed by atoms with Gasteiger partial charge in [0.05, 0.1) is 34.3 Å². The highest BCUT2D eigenvalue weighted by Gasteiger charge is 2.18. The zero-order chi connectivity index (χ0) is 22.4. The molecule has 0 atom stereocenters. The lowest BCUT2D eigenvalue weighted by molar-refractivity contribution is 0.654. The van der Waals surface area contributed by atoms with E-state index in [1.807, 2.05) is 76.8 Å². The Morgan fingerprint density at radius 1 is 1.03 bits per heavy atom. The SMILES string of the molecule is Cc1cccc(-c2c(NCn3nnc4ccccc43)[nH]c(=S)n2-c2ccc3nc[nH]c3c2)n1. The second-order valence-corrected chi connectivity index (χ2v) is 8.06. The molecule has 0 saturated heterocycles. The summed E-state index contributed by atoms with van der Waals surface area (Å²) in [5.74, 6) is 0.752. The lowest BCUT2D eigenvalue weighted by Crippen LogP contribution is -2.11. The number of nitrogens with one attached hydrogen (secondary N) is 3. The van der Waals surface area contributed by atoms with Crippen LogP contribution in [0.5, 0.6) is 0 Å². The Balaban J connectivity index is 1.48. The number of hydrogen-bond donors (Lipinski definition) is 3. The number of aromatic nitrogens is 8. The predicted molar refractivity (Wildman–Crippen MR) is 130 cm³/mol. The summed E-state index contributed by atoms with van der Waals surface area (Å²) in [7, 11) is 0. The molecule has 4 heterocycles. The minimum Gasteiger partial charge on any atom is -0.351 e. The molecule has 3 N–H and O–H groups in total. The summed E-state index contributed by atoms with van der Waals surface area (Å²) >= 11 is 5.75. The smallest absolute Gasteiger partial charge is 0.183 e. The first kappa shape index (κ1) is 19.4. The van der Waals surface area contributed by atoms with Gasteiger partial charge in [0.25, 0.3) is 0 Å². The largest absolute Gasteiger partial charge is 0.351 e. The third kappa shape index (κ3) is 3.37.